The van der Waals surface area contributed by atoms with E-state index in [9.17, 15) is 9.59 Å². The van der Waals surface area contributed by atoms with Crippen molar-refractivity contribution >= 4 is 17.4 Å². The molecule has 7 nitrogen and oxygen atoms in total. The molecule has 2 heterocycles. The van der Waals surface area contributed by atoms with Gasteiger partial charge in [-0.3, -0.25) is 9.69 Å². The Morgan fingerprint density at radius 1 is 1.07 bits per heavy atom. The number of ketones is 1. The predicted octanol–water partition coefficient (Wildman–Crippen LogP) is 2.82. The number of nitrogens with one attached hydrogen (secondary N) is 1. The first-order valence-electron chi connectivity index (χ1n) is 9.82. The first-order valence-corrected chi connectivity index (χ1v) is 9.82. The van der Waals surface area contributed by atoms with E-state index in [4.69, 9.17) is 9.47 Å². The van der Waals surface area contributed by atoms with Crippen molar-refractivity contribution in [2.45, 2.75) is 26.8 Å². The molecule has 1 aromatic heterocycles. The van der Waals surface area contributed by atoms with Crippen LogP contribution in [-0.4, -0.2) is 68.1 Å². The van der Waals surface area contributed by atoms with E-state index < -0.39 is 5.97 Å². The summed E-state index contributed by atoms with van der Waals surface area (Å²) in [5.41, 5.74) is 3.32. The Labute approximate surface area is 171 Å². The van der Waals surface area contributed by atoms with Crippen LogP contribution < -0.4 is 9.64 Å². The third-order valence-electron chi connectivity index (χ3n) is 5.74. The minimum atomic E-state index is -0.423. The molecule has 1 aromatic carbocycles. The van der Waals surface area contributed by atoms with Crippen molar-refractivity contribution in [2.75, 3.05) is 45.3 Å². The molecule has 0 spiro atoms. The molecule has 1 atom stereocenters. The highest BCUT2D eigenvalue weighted by Crippen LogP contribution is 2.29. The van der Waals surface area contributed by atoms with Crippen molar-refractivity contribution in [3.8, 4) is 5.75 Å². The summed E-state index contributed by atoms with van der Waals surface area (Å²) < 4.78 is 10.3. The van der Waals surface area contributed by atoms with Crippen LogP contribution in [0, 0.1) is 13.8 Å². The van der Waals surface area contributed by atoms with Crippen LogP contribution in [0.15, 0.2) is 24.3 Å². The molecule has 1 fully saturated rings. The number of para-hydroxylation sites is 2. The molecule has 1 aliphatic heterocycles. The van der Waals surface area contributed by atoms with Crippen molar-refractivity contribution in [1.82, 2.24) is 9.88 Å². The zero-order chi connectivity index (χ0) is 21.1. The SMILES string of the molecule is COC(=O)c1c(C)[nH]c(C(=O)C(C)N2CCN(c3ccccc3OC)CC2)c1C. The number of carbonyl (C=O) groups excluding carboxylic acids is 2. The second-order valence-electron chi connectivity index (χ2n) is 7.35. The van der Waals surface area contributed by atoms with Gasteiger partial charge in [0.05, 0.1) is 37.2 Å². The quantitative estimate of drug-likeness (QED) is 0.595. The van der Waals surface area contributed by atoms with Gasteiger partial charge in [0.1, 0.15) is 5.75 Å². The number of carbonyl (C=O) groups is 2. The number of methoxy groups -OCH3 is 2. The van der Waals surface area contributed by atoms with E-state index in [1.165, 1.54) is 7.11 Å². The topological polar surface area (TPSA) is 74.9 Å². The molecule has 0 aliphatic carbocycles. The number of Topliss-reactive ketones (excluding diaryl/α,β-unsaturated/α-hetero) is 1. The number of nitrogens with zero attached hydrogens (tertiary/aromatic N) is 2. The standard InChI is InChI=1S/C22H29N3O4/c1-14-19(22(27)29-5)15(2)23-20(14)21(26)16(3)24-10-12-25(13-11-24)17-8-6-7-9-18(17)28-4/h6-9,16,23H,10-13H2,1-5H3. The Hall–Kier alpha value is -2.80. The summed E-state index contributed by atoms with van der Waals surface area (Å²) in [6.07, 6.45) is 0. The fourth-order valence-electron chi connectivity index (χ4n) is 4.02. The summed E-state index contributed by atoms with van der Waals surface area (Å²) in [6.45, 7) is 8.67. The summed E-state index contributed by atoms with van der Waals surface area (Å²) in [5, 5.41) is 0. The number of piperazine rings is 1. The predicted molar refractivity (Wildman–Crippen MR) is 112 cm³/mol. The summed E-state index contributed by atoms with van der Waals surface area (Å²) in [4.78, 5) is 32.7. The Morgan fingerprint density at radius 3 is 2.34 bits per heavy atom. The average Bonchev–Trinajstić information content (AvgIpc) is 3.06. The van der Waals surface area contributed by atoms with Crippen molar-refractivity contribution in [1.29, 1.82) is 0 Å². The molecule has 1 saturated heterocycles. The first kappa shape index (κ1) is 20.9. The molecular weight excluding hydrogens is 370 g/mol. The van der Waals surface area contributed by atoms with Gasteiger partial charge in [-0.2, -0.15) is 0 Å². The van der Waals surface area contributed by atoms with Gasteiger partial charge >= 0.3 is 5.97 Å². The zero-order valence-electron chi connectivity index (χ0n) is 17.7. The molecular formula is C22H29N3O4. The highest BCUT2D eigenvalue weighted by molar-refractivity contribution is 6.03. The monoisotopic (exact) mass is 399 g/mol. The fraction of sp³-hybridized carbons (Fsp3) is 0.455. The first-order chi connectivity index (χ1) is 13.9. The molecule has 0 amide bonds. The number of anilines is 1. The molecule has 0 radical (unpaired) electrons. The highest BCUT2D eigenvalue weighted by atomic mass is 16.5. The highest BCUT2D eigenvalue weighted by Gasteiger charge is 2.30. The molecule has 1 aliphatic rings. The van der Waals surface area contributed by atoms with Crippen LogP contribution in [0.25, 0.3) is 0 Å². The van der Waals surface area contributed by atoms with E-state index in [0.29, 0.717) is 22.5 Å². The van der Waals surface area contributed by atoms with Crippen molar-refractivity contribution in [3.05, 3.63) is 46.8 Å². The van der Waals surface area contributed by atoms with Crippen LogP contribution in [0.2, 0.25) is 0 Å². The molecule has 0 bridgehead atoms. The second kappa shape index (κ2) is 8.69. The van der Waals surface area contributed by atoms with Gasteiger partial charge in [0, 0.05) is 31.9 Å². The molecule has 1 N–H and O–H groups in total. The molecule has 1 unspecified atom stereocenters. The number of H-pyrrole nitrogens is 1. The van der Waals surface area contributed by atoms with Gasteiger partial charge in [-0.25, -0.2) is 4.79 Å². The van der Waals surface area contributed by atoms with Crippen molar-refractivity contribution in [3.63, 3.8) is 0 Å². The van der Waals surface area contributed by atoms with E-state index in [1.807, 2.05) is 25.1 Å². The van der Waals surface area contributed by atoms with Crippen LogP contribution >= 0.6 is 0 Å². The lowest BCUT2D eigenvalue weighted by molar-refractivity contribution is 0.0599. The Kier molecular flexibility index (Phi) is 6.27. The van der Waals surface area contributed by atoms with Gasteiger partial charge in [0.2, 0.25) is 0 Å². The van der Waals surface area contributed by atoms with Crippen LogP contribution in [0.1, 0.15) is 39.0 Å². The van der Waals surface area contributed by atoms with Crippen LogP contribution in [-0.2, 0) is 4.74 Å². The minimum absolute atomic E-state index is 0.00788. The maximum atomic E-state index is 13.1. The van der Waals surface area contributed by atoms with Gasteiger partial charge in [-0.1, -0.05) is 12.1 Å². The minimum Gasteiger partial charge on any atom is -0.495 e. The second-order valence-corrected chi connectivity index (χ2v) is 7.35. The number of ether oxygens (including phenoxy) is 2. The lowest BCUT2D eigenvalue weighted by atomic mass is 10.0. The number of aromatic nitrogens is 1. The zero-order valence-corrected chi connectivity index (χ0v) is 17.7. The number of aryl methyl sites for hydroxylation is 1. The van der Waals surface area contributed by atoms with E-state index in [0.717, 1.165) is 37.6 Å². The third kappa shape index (κ3) is 4.00. The molecule has 0 saturated carbocycles. The van der Waals surface area contributed by atoms with Crippen molar-refractivity contribution < 1.29 is 19.1 Å². The van der Waals surface area contributed by atoms with Crippen LogP contribution in [0.5, 0.6) is 5.75 Å². The van der Waals surface area contributed by atoms with E-state index in [1.54, 1.807) is 21.0 Å². The molecule has 7 heteroatoms. The molecule has 29 heavy (non-hydrogen) atoms. The number of esters is 1. The summed E-state index contributed by atoms with van der Waals surface area (Å²) in [5.74, 6) is 0.428. The van der Waals surface area contributed by atoms with Gasteiger partial charge in [-0.15, -0.1) is 0 Å². The maximum absolute atomic E-state index is 13.1. The Bertz CT molecular complexity index is 897. The Morgan fingerprint density at radius 2 is 1.72 bits per heavy atom. The van der Waals surface area contributed by atoms with Gasteiger partial charge < -0.3 is 19.4 Å². The largest absolute Gasteiger partial charge is 0.495 e. The lowest BCUT2D eigenvalue weighted by Crippen LogP contribution is -2.52. The average molecular weight is 399 g/mol. The molecule has 2 aromatic rings. The van der Waals surface area contributed by atoms with E-state index >= 15 is 0 Å². The number of hydrogen-bond donors (Lipinski definition) is 1. The summed E-state index contributed by atoms with van der Waals surface area (Å²) >= 11 is 0. The van der Waals surface area contributed by atoms with Crippen molar-refractivity contribution in [2.24, 2.45) is 0 Å². The number of aromatic amines is 1. The molecule has 156 valence electrons. The maximum Gasteiger partial charge on any atom is 0.339 e. The lowest BCUT2D eigenvalue weighted by Gasteiger charge is -2.38. The van der Waals surface area contributed by atoms with Gasteiger partial charge in [0.25, 0.3) is 0 Å². The van der Waals surface area contributed by atoms with E-state index in [-0.39, 0.29) is 11.8 Å². The van der Waals surface area contributed by atoms with Gasteiger partial charge in [0.15, 0.2) is 5.78 Å². The number of rotatable bonds is 6. The number of benzene rings is 1. The summed E-state index contributed by atoms with van der Waals surface area (Å²) in [7, 11) is 3.03. The van der Waals surface area contributed by atoms with E-state index in [2.05, 4.69) is 20.9 Å². The third-order valence-corrected chi connectivity index (χ3v) is 5.74. The Balaban J connectivity index is 1.70. The fourth-order valence-corrected chi connectivity index (χ4v) is 4.02. The van der Waals surface area contributed by atoms with Crippen LogP contribution in [0.4, 0.5) is 5.69 Å². The smallest absolute Gasteiger partial charge is 0.339 e. The normalized spacial score (nSPS) is 15.8. The summed E-state index contributed by atoms with van der Waals surface area (Å²) in [6, 6.07) is 7.71. The number of hydrogen-bond acceptors (Lipinski definition) is 6. The van der Waals surface area contributed by atoms with Crippen LogP contribution in [0.3, 0.4) is 0 Å². The van der Waals surface area contributed by atoms with Gasteiger partial charge in [-0.05, 0) is 38.5 Å². The molecule has 3 rings (SSSR count).